The van der Waals surface area contributed by atoms with Gasteiger partial charge in [0.05, 0.1) is 32.1 Å². The molecular weight excluding hydrogens is 440 g/mol. The van der Waals surface area contributed by atoms with Crippen molar-refractivity contribution in [2.75, 3.05) is 20.8 Å². The highest BCUT2D eigenvalue weighted by Gasteiger charge is 2.31. The Morgan fingerprint density at radius 3 is 2.42 bits per heavy atom. The van der Waals surface area contributed by atoms with E-state index in [-0.39, 0.29) is 18.4 Å². The van der Waals surface area contributed by atoms with Crippen molar-refractivity contribution in [1.82, 2.24) is 10.3 Å². The Morgan fingerprint density at radius 1 is 1.00 bits per heavy atom. The number of hydrogen-bond acceptors (Lipinski definition) is 7. The fraction of sp³-hybridized carbons (Fsp3) is 0.200. The molecule has 3 N–H and O–H groups in total. The highest BCUT2D eigenvalue weighted by atomic mass is 35.5. The number of ether oxygens (including phenoxy) is 3. The van der Waals surface area contributed by atoms with Crippen LogP contribution in [0.15, 0.2) is 71.5 Å². The van der Waals surface area contributed by atoms with Gasteiger partial charge in [-0.1, -0.05) is 24.3 Å². The van der Waals surface area contributed by atoms with Crippen LogP contribution in [0.4, 0.5) is 0 Å². The second kappa shape index (κ2) is 9.42. The largest absolute Gasteiger partial charge is 0.496 e. The molecule has 2 aromatic carbocycles. The summed E-state index contributed by atoms with van der Waals surface area (Å²) in [5.74, 6) is 2.38. The van der Waals surface area contributed by atoms with Crippen LogP contribution < -0.4 is 25.3 Å². The molecular formula is C25H25ClN4O3. The Balaban J connectivity index is 0.00000259. The highest BCUT2D eigenvalue weighted by Crippen LogP contribution is 2.45. The normalized spacial score (nSPS) is 16.7. The maximum absolute atomic E-state index is 6.24. The summed E-state index contributed by atoms with van der Waals surface area (Å²) in [6.07, 6.45) is 4.29. The van der Waals surface area contributed by atoms with Gasteiger partial charge in [-0.05, 0) is 34.4 Å². The lowest BCUT2D eigenvalue weighted by Crippen LogP contribution is -2.35. The Kier molecular flexibility index (Phi) is 6.42. The van der Waals surface area contributed by atoms with Gasteiger partial charge in [0, 0.05) is 30.9 Å². The molecule has 3 aromatic rings. The molecule has 0 aliphatic carbocycles. The van der Waals surface area contributed by atoms with E-state index in [1.165, 1.54) is 0 Å². The number of nitrogens with two attached hydrogens (primary N) is 1. The lowest BCUT2D eigenvalue weighted by Gasteiger charge is -2.27. The fourth-order valence-corrected chi connectivity index (χ4v) is 4.23. The van der Waals surface area contributed by atoms with E-state index in [0.717, 1.165) is 33.5 Å². The van der Waals surface area contributed by atoms with Gasteiger partial charge in [0.2, 0.25) is 0 Å². The third-order valence-corrected chi connectivity index (χ3v) is 5.79. The number of benzene rings is 2. The summed E-state index contributed by atoms with van der Waals surface area (Å²) in [6, 6.07) is 15.9. The number of guanidine groups is 1. The summed E-state index contributed by atoms with van der Waals surface area (Å²) in [4.78, 5) is 8.83. The second-order valence-corrected chi connectivity index (χ2v) is 7.60. The van der Waals surface area contributed by atoms with Gasteiger partial charge in [-0.25, -0.2) is 4.99 Å². The number of halogens is 1. The molecule has 1 unspecified atom stereocenters. The van der Waals surface area contributed by atoms with Gasteiger partial charge >= 0.3 is 0 Å². The average molecular weight is 465 g/mol. The Hall–Kier alpha value is -3.71. The molecule has 0 bridgehead atoms. The molecule has 3 heterocycles. The number of nitrogens with zero attached hydrogens (tertiary/aromatic N) is 2. The van der Waals surface area contributed by atoms with Crippen LogP contribution in [0.25, 0.3) is 16.8 Å². The first kappa shape index (κ1) is 22.5. The maximum Gasteiger partial charge on any atom is 0.194 e. The summed E-state index contributed by atoms with van der Waals surface area (Å²) in [5.41, 5.74) is 12.4. The molecule has 0 fully saturated rings. The minimum absolute atomic E-state index is 0. The van der Waals surface area contributed by atoms with Crippen molar-refractivity contribution in [3.63, 3.8) is 0 Å². The van der Waals surface area contributed by atoms with Crippen LogP contribution in [0.3, 0.4) is 0 Å². The van der Waals surface area contributed by atoms with Crippen LogP contribution in [-0.2, 0) is 0 Å². The van der Waals surface area contributed by atoms with Crippen molar-refractivity contribution in [2.24, 2.45) is 10.7 Å². The first-order chi connectivity index (χ1) is 15.7. The van der Waals surface area contributed by atoms with Crippen molar-refractivity contribution in [3.8, 4) is 28.4 Å². The lowest BCUT2D eigenvalue weighted by atomic mass is 9.90. The Labute approximate surface area is 198 Å². The summed E-state index contributed by atoms with van der Waals surface area (Å²) >= 11 is 0. The smallest absolute Gasteiger partial charge is 0.194 e. The Morgan fingerprint density at radius 2 is 1.73 bits per heavy atom. The topological polar surface area (TPSA) is 91.0 Å². The molecule has 1 atom stereocenters. The molecule has 0 radical (unpaired) electrons. The number of methoxy groups -OCH3 is 2. The lowest BCUT2D eigenvalue weighted by molar-refractivity contribution is 0.315. The van der Waals surface area contributed by atoms with Crippen molar-refractivity contribution in [2.45, 2.75) is 12.5 Å². The van der Waals surface area contributed by atoms with Crippen LogP contribution >= 0.6 is 12.4 Å². The number of rotatable bonds is 4. The van der Waals surface area contributed by atoms with Crippen LogP contribution in [0, 0.1) is 0 Å². The number of nitrogens with one attached hydrogen (secondary N) is 1. The average Bonchev–Trinajstić information content (AvgIpc) is 3.03. The molecule has 5 rings (SSSR count). The van der Waals surface area contributed by atoms with Crippen LogP contribution in [0.1, 0.15) is 23.6 Å². The standard InChI is InChI=1S/C25H24N4O3.ClH/c1-30-18-13-20(31-2)22-21(14-18)32-12-9-19-23(28-25(26)29-24(19)22)17-5-3-15(4-6-17)16-7-10-27-11-8-16;/h3-8,10-11,13-14,23H,9,12H2,1-2H3,(H3,26,28,29);1H. The first-order valence-electron chi connectivity index (χ1n) is 10.4. The van der Waals surface area contributed by atoms with Crippen molar-refractivity contribution < 1.29 is 14.2 Å². The number of aliphatic imine (C=N–C) groups is 1. The van der Waals surface area contributed by atoms with Crippen LogP contribution in [0.2, 0.25) is 0 Å². The van der Waals surface area contributed by atoms with Gasteiger partial charge in [-0.15, -0.1) is 12.4 Å². The first-order valence-corrected chi connectivity index (χ1v) is 10.4. The van der Waals surface area contributed by atoms with E-state index >= 15 is 0 Å². The second-order valence-electron chi connectivity index (χ2n) is 7.60. The quantitative estimate of drug-likeness (QED) is 0.596. The van der Waals surface area contributed by atoms with Gasteiger partial charge in [-0.3, -0.25) is 4.98 Å². The van der Waals surface area contributed by atoms with Crippen molar-refractivity contribution >= 4 is 24.1 Å². The summed E-state index contributed by atoms with van der Waals surface area (Å²) in [5, 5.41) is 3.26. The maximum atomic E-state index is 6.24. The van der Waals surface area contributed by atoms with Crippen LogP contribution in [0.5, 0.6) is 17.2 Å². The van der Waals surface area contributed by atoms with Gasteiger partial charge in [-0.2, -0.15) is 0 Å². The highest BCUT2D eigenvalue weighted by molar-refractivity contribution is 5.94. The van der Waals surface area contributed by atoms with E-state index in [4.69, 9.17) is 24.9 Å². The molecule has 8 heteroatoms. The molecule has 2 aliphatic rings. The molecule has 7 nitrogen and oxygen atoms in total. The minimum atomic E-state index is -0.209. The molecule has 2 aliphatic heterocycles. The molecule has 1 aromatic heterocycles. The van der Waals surface area contributed by atoms with Crippen molar-refractivity contribution in [3.05, 3.63) is 77.6 Å². The van der Waals surface area contributed by atoms with Gasteiger partial charge in [0.15, 0.2) is 5.96 Å². The number of hydrogen-bond donors (Lipinski definition) is 2. The number of aromatic nitrogens is 1. The monoisotopic (exact) mass is 464 g/mol. The molecule has 0 amide bonds. The van der Waals surface area contributed by atoms with E-state index in [1.54, 1.807) is 26.6 Å². The molecule has 0 saturated carbocycles. The third kappa shape index (κ3) is 4.19. The van der Waals surface area contributed by atoms with Crippen molar-refractivity contribution in [1.29, 1.82) is 0 Å². The SMILES string of the molecule is COc1cc(OC)c2c(c1)OCCC1=C2NC(N)=NC1c1ccc(-c2ccncc2)cc1.Cl. The zero-order valence-electron chi connectivity index (χ0n) is 18.4. The number of fused-ring (bicyclic) bond motifs is 2. The van der Waals surface area contributed by atoms with E-state index in [9.17, 15) is 0 Å². The summed E-state index contributed by atoms with van der Waals surface area (Å²) in [7, 11) is 3.26. The fourth-order valence-electron chi connectivity index (χ4n) is 4.23. The van der Waals surface area contributed by atoms with Gasteiger partial charge in [0.1, 0.15) is 23.3 Å². The number of pyridine rings is 1. The Bertz CT molecular complexity index is 1210. The van der Waals surface area contributed by atoms with Gasteiger partial charge < -0.3 is 25.3 Å². The van der Waals surface area contributed by atoms with E-state index in [0.29, 0.717) is 36.2 Å². The third-order valence-electron chi connectivity index (χ3n) is 5.79. The molecule has 33 heavy (non-hydrogen) atoms. The predicted octanol–water partition coefficient (Wildman–Crippen LogP) is 4.34. The molecule has 0 saturated heterocycles. The summed E-state index contributed by atoms with van der Waals surface area (Å²) in [6.45, 7) is 0.519. The van der Waals surface area contributed by atoms with Gasteiger partial charge in [0.25, 0.3) is 0 Å². The zero-order valence-corrected chi connectivity index (χ0v) is 19.2. The summed E-state index contributed by atoms with van der Waals surface area (Å²) < 4.78 is 17.2. The zero-order chi connectivity index (χ0) is 22.1. The molecule has 170 valence electrons. The molecule has 0 spiro atoms. The predicted molar refractivity (Wildman–Crippen MR) is 131 cm³/mol. The van der Waals surface area contributed by atoms with E-state index in [1.807, 2.05) is 24.3 Å². The minimum Gasteiger partial charge on any atom is -0.496 e. The van der Waals surface area contributed by atoms with E-state index in [2.05, 4.69) is 34.6 Å². The van der Waals surface area contributed by atoms with E-state index < -0.39 is 0 Å². The van der Waals surface area contributed by atoms with Crippen LogP contribution in [-0.4, -0.2) is 31.8 Å².